The molecule has 3 heterocycles. The Morgan fingerprint density at radius 1 is 1.13 bits per heavy atom. The van der Waals surface area contributed by atoms with Crippen LogP contribution in [-0.4, -0.2) is 61.7 Å². The standard InChI is InChI=1S/C20H22N4O3S3/c1-14-6-7-18(29-14)17-13-28-20(21-17)22-19(25)15-4-3-5-16(12-15)30(26,27)24-10-8-23(2)9-11-24/h3-7,12-13H,8-11H2,1-2H3,(H,21,22,25). The number of thiophene rings is 1. The maximum absolute atomic E-state index is 13.0. The number of anilines is 1. The van der Waals surface area contributed by atoms with Crippen LogP contribution < -0.4 is 5.32 Å². The summed E-state index contributed by atoms with van der Waals surface area (Å²) in [7, 11) is -1.66. The molecule has 0 aliphatic carbocycles. The maximum atomic E-state index is 13.0. The van der Waals surface area contributed by atoms with Crippen molar-refractivity contribution < 1.29 is 13.2 Å². The Hall–Kier alpha value is -2.11. The van der Waals surface area contributed by atoms with Crippen molar-refractivity contribution in [2.75, 3.05) is 38.5 Å². The van der Waals surface area contributed by atoms with Crippen LogP contribution in [-0.2, 0) is 10.0 Å². The average molecular weight is 463 g/mol. The Morgan fingerprint density at radius 2 is 1.90 bits per heavy atom. The molecule has 2 aromatic heterocycles. The summed E-state index contributed by atoms with van der Waals surface area (Å²) in [6.45, 7) is 4.30. The summed E-state index contributed by atoms with van der Waals surface area (Å²) < 4.78 is 27.4. The Kier molecular flexibility index (Phi) is 6.03. The smallest absolute Gasteiger partial charge is 0.257 e. The van der Waals surface area contributed by atoms with Crippen molar-refractivity contribution in [2.45, 2.75) is 11.8 Å². The molecule has 1 N–H and O–H groups in total. The van der Waals surface area contributed by atoms with Crippen LogP contribution in [0.4, 0.5) is 5.13 Å². The minimum atomic E-state index is -3.63. The molecule has 7 nitrogen and oxygen atoms in total. The fourth-order valence-corrected chi connectivity index (χ4v) is 6.24. The first-order valence-corrected chi connectivity index (χ1v) is 12.6. The molecule has 0 bridgehead atoms. The van der Waals surface area contributed by atoms with Crippen LogP contribution in [0.1, 0.15) is 15.2 Å². The van der Waals surface area contributed by atoms with E-state index in [-0.39, 0.29) is 16.4 Å². The fourth-order valence-electron chi connectivity index (χ4n) is 3.16. The van der Waals surface area contributed by atoms with Gasteiger partial charge in [0, 0.05) is 42.0 Å². The van der Waals surface area contributed by atoms with Gasteiger partial charge in [-0.05, 0) is 44.3 Å². The largest absolute Gasteiger partial charge is 0.304 e. The minimum absolute atomic E-state index is 0.133. The van der Waals surface area contributed by atoms with E-state index < -0.39 is 10.0 Å². The molecule has 1 saturated heterocycles. The lowest BCUT2D eigenvalue weighted by molar-refractivity contribution is 0.102. The minimum Gasteiger partial charge on any atom is -0.304 e. The molecule has 10 heteroatoms. The third kappa shape index (κ3) is 4.47. The number of aryl methyl sites for hydroxylation is 1. The van der Waals surface area contributed by atoms with Gasteiger partial charge in [-0.15, -0.1) is 22.7 Å². The first kappa shape index (κ1) is 21.1. The SMILES string of the molecule is Cc1ccc(-c2csc(NC(=O)c3cccc(S(=O)(=O)N4CCN(C)CC4)c3)n2)s1. The van der Waals surface area contributed by atoms with Crippen molar-refractivity contribution >= 4 is 43.7 Å². The Labute approximate surface area is 184 Å². The molecule has 3 aromatic rings. The van der Waals surface area contributed by atoms with Crippen molar-refractivity contribution in [1.29, 1.82) is 0 Å². The van der Waals surface area contributed by atoms with Crippen molar-refractivity contribution in [1.82, 2.24) is 14.2 Å². The second-order valence-corrected chi connectivity index (χ2v) is 11.2. The Morgan fingerprint density at radius 3 is 2.60 bits per heavy atom. The molecule has 0 spiro atoms. The molecular formula is C20H22N4O3S3. The highest BCUT2D eigenvalue weighted by atomic mass is 32.2. The van der Waals surface area contributed by atoms with Gasteiger partial charge in [0.15, 0.2) is 5.13 Å². The summed E-state index contributed by atoms with van der Waals surface area (Å²) in [4.78, 5) is 21.7. The summed E-state index contributed by atoms with van der Waals surface area (Å²) in [6, 6.07) is 10.2. The van der Waals surface area contributed by atoms with Gasteiger partial charge < -0.3 is 4.90 Å². The van der Waals surface area contributed by atoms with E-state index in [1.165, 1.54) is 32.7 Å². The second kappa shape index (κ2) is 8.56. The van der Waals surface area contributed by atoms with Gasteiger partial charge in [0.2, 0.25) is 10.0 Å². The molecular weight excluding hydrogens is 440 g/mol. The van der Waals surface area contributed by atoms with Gasteiger partial charge in [0.05, 0.1) is 15.5 Å². The van der Waals surface area contributed by atoms with Gasteiger partial charge in [-0.25, -0.2) is 13.4 Å². The van der Waals surface area contributed by atoms with Crippen molar-refractivity contribution in [3.8, 4) is 10.6 Å². The van der Waals surface area contributed by atoms with Gasteiger partial charge in [-0.2, -0.15) is 4.31 Å². The summed E-state index contributed by atoms with van der Waals surface area (Å²) in [5.41, 5.74) is 1.11. The van der Waals surface area contributed by atoms with E-state index in [4.69, 9.17) is 0 Å². The number of rotatable bonds is 5. The lowest BCUT2D eigenvalue weighted by atomic mass is 10.2. The number of nitrogens with zero attached hydrogens (tertiary/aromatic N) is 3. The molecule has 1 fully saturated rings. The zero-order chi connectivity index (χ0) is 21.3. The van der Waals surface area contributed by atoms with E-state index in [0.29, 0.717) is 31.3 Å². The van der Waals surface area contributed by atoms with E-state index in [9.17, 15) is 13.2 Å². The highest BCUT2D eigenvalue weighted by molar-refractivity contribution is 7.89. The van der Waals surface area contributed by atoms with E-state index in [1.807, 2.05) is 31.5 Å². The highest BCUT2D eigenvalue weighted by Gasteiger charge is 2.28. The molecule has 0 unspecified atom stereocenters. The number of sulfonamides is 1. The number of hydrogen-bond acceptors (Lipinski definition) is 7. The molecule has 30 heavy (non-hydrogen) atoms. The molecule has 4 rings (SSSR count). The lowest BCUT2D eigenvalue weighted by Gasteiger charge is -2.31. The van der Waals surface area contributed by atoms with Crippen LogP contribution in [0, 0.1) is 6.92 Å². The topological polar surface area (TPSA) is 82.6 Å². The quantitative estimate of drug-likeness (QED) is 0.629. The number of amides is 1. The Balaban J connectivity index is 1.50. The normalized spacial score (nSPS) is 15.9. The van der Waals surface area contributed by atoms with Crippen molar-refractivity contribution in [3.63, 3.8) is 0 Å². The number of benzene rings is 1. The lowest BCUT2D eigenvalue weighted by Crippen LogP contribution is -2.47. The first-order chi connectivity index (χ1) is 14.3. The van der Waals surface area contributed by atoms with Crippen LogP contribution in [0.15, 0.2) is 46.7 Å². The number of carbonyl (C=O) groups is 1. The van der Waals surface area contributed by atoms with Crippen LogP contribution in [0.3, 0.4) is 0 Å². The zero-order valence-corrected chi connectivity index (χ0v) is 19.1. The maximum Gasteiger partial charge on any atom is 0.257 e. The van der Waals surface area contributed by atoms with Gasteiger partial charge in [-0.1, -0.05) is 6.07 Å². The predicted octanol–water partition coefficient (Wildman–Crippen LogP) is 3.37. The molecule has 0 saturated carbocycles. The molecule has 0 atom stereocenters. The number of aromatic nitrogens is 1. The third-order valence-corrected chi connectivity index (χ3v) is 8.59. The van der Waals surface area contributed by atoms with Crippen molar-refractivity contribution in [3.05, 3.63) is 52.2 Å². The molecule has 1 aliphatic heterocycles. The number of likely N-dealkylation sites (N-methyl/N-ethyl adjacent to an activating group) is 1. The molecule has 1 aromatic carbocycles. The number of thiazole rings is 1. The predicted molar refractivity (Wildman–Crippen MR) is 121 cm³/mol. The van der Waals surface area contributed by atoms with Crippen LogP contribution in [0.25, 0.3) is 10.6 Å². The van der Waals surface area contributed by atoms with Gasteiger partial charge >= 0.3 is 0 Å². The molecule has 1 amide bonds. The summed E-state index contributed by atoms with van der Waals surface area (Å²) in [5, 5.41) is 5.16. The summed E-state index contributed by atoms with van der Waals surface area (Å²) >= 11 is 2.99. The summed E-state index contributed by atoms with van der Waals surface area (Å²) in [5.74, 6) is -0.381. The number of nitrogens with one attached hydrogen (secondary N) is 1. The van der Waals surface area contributed by atoms with E-state index in [1.54, 1.807) is 23.5 Å². The van der Waals surface area contributed by atoms with Crippen LogP contribution in [0.2, 0.25) is 0 Å². The van der Waals surface area contributed by atoms with Crippen LogP contribution >= 0.6 is 22.7 Å². The number of piperazine rings is 1. The summed E-state index contributed by atoms with van der Waals surface area (Å²) in [6.07, 6.45) is 0. The van der Waals surface area contributed by atoms with Crippen molar-refractivity contribution in [2.24, 2.45) is 0 Å². The van der Waals surface area contributed by atoms with Crippen LogP contribution in [0.5, 0.6) is 0 Å². The Bertz CT molecular complexity index is 1160. The van der Waals surface area contributed by atoms with E-state index >= 15 is 0 Å². The molecule has 0 radical (unpaired) electrons. The monoisotopic (exact) mass is 462 g/mol. The van der Waals surface area contributed by atoms with Gasteiger partial charge in [-0.3, -0.25) is 10.1 Å². The van der Waals surface area contributed by atoms with E-state index in [2.05, 4.69) is 15.2 Å². The molecule has 1 aliphatic rings. The average Bonchev–Trinajstić information content (AvgIpc) is 3.37. The van der Waals surface area contributed by atoms with Gasteiger partial charge in [0.1, 0.15) is 0 Å². The fraction of sp³-hybridized carbons (Fsp3) is 0.300. The number of hydrogen-bond donors (Lipinski definition) is 1. The second-order valence-electron chi connectivity index (χ2n) is 7.14. The van der Waals surface area contributed by atoms with E-state index in [0.717, 1.165) is 10.6 Å². The molecule has 158 valence electrons. The zero-order valence-electron chi connectivity index (χ0n) is 16.7. The van der Waals surface area contributed by atoms with Gasteiger partial charge in [0.25, 0.3) is 5.91 Å². The number of carbonyl (C=O) groups excluding carboxylic acids is 1. The first-order valence-electron chi connectivity index (χ1n) is 9.45. The third-order valence-electron chi connectivity index (χ3n) is 4.91. The highest BCUT2D eigenvalue weighted by Crippen LogP contribution is 2.30.